The second-order valence-electron chi connectivity index (χ2n) is 9.39. The van der Waals surface area contributed by atoms with Crippen LogP contribution in [0.1, 0.15) is 33.5 Å². The van der Waals surface area contributed by atoms with Crippen molar-refractivity contribution in [1.29, 1.82) is 0 Å². The van der Waals surface area contributed by atoms with Crippen LogP contribution in [0.15, 0.2) is 72.8 Å². The fourth-order valence-corrected chi connectivity index (χ4v) is 4.34. The third kappa shape index (κ3) is 7.97. The number of ether oxygens (including phenoxy) is 1. The number of carbonyl (C=O) groups is 2. The number of aryl methyl sites for hydroxylation is 1. The molecule has 7 heteroatoms. The summed E-state index contributed by atoms with van der Waals surface area (Å²) >= 11 is 0. The van der Waals surface area contributed by atoms with Gasteiger partial charge in [0.15, 0.2) is 0 Å². The summed E-state index contributed by atoms with van der Waals surface area (Å²) in [6.07, 6.45) is 1.12. The lowest BCUT2D eigenvalue weighted by molar-refractivity contribution is -0.120. The van der Waals surface area contributed by atoms with E-state index in [-0.39, 0.29) is 30.6 Å². The second kappa shape index (κ2) is 13.1. The second-order valence-corrected chi connectivity index (χ2v) is 9.39. The van der Waals surface area contributed by atoms with E-state index in [1.54, 1.807) is 17.0 Å². The number of hydrogen-bond donors (Lipinski definition) is 1. The topological polar surface area (TPSA) is 61.9 Å². The number of nitrogens with zero attached hydrogens (tertiary/aromatic N) is 2. The van der Waals surface area contributed by atoms with Gasteiger partial charge in [0.25, 0.3) is 5.91 Å². The van der Waals surface area contributed by atoms with Gasteiger partial charge in [-0.2, -0.15) is 0 Å². The van der Waals surface area contributed by atoms with Crippen molar-refractivity contribution >= 4 is 17.5 Å². The van der Waals surface area contributed by atoms with E-state index in [1.165, 1.54) is 12.1 Å². The molecule has 1 heterocycles. The highest BCUT2D eigenvalue weighted by molar-refractivity contribution is 6.06. The van der Waals surface area contributed by atoms with E-state index in [0.29, 0.717) is 17.8 Å². The molecule has 3 aromatic rings. The van der Waals surface area contributed by atoms with Crippen LogP contribution in [-0.4, -0.2) is 56.1 Å². The predicted molar refractivity (Wildman–Crippen MR) is 143 cm³/mol. The van der Waals surface area contributed by atoms with Crippen LogP contribution < -0.4 is 10.2 Å². The van der Waals surface area contributed by atoms with E-state index in [4.69, 9.17) is 4.74 Å². The maximum Gasteiger partial charge on any atom is 0.258 e. The lowest BCUT2D eigenvalue weighted by Gasteiger charge is -2.26. The fourth-order valence-electron chi connectivity index (χ4n) is 4.34. The first-order valence-corrected chi connectivity index (χ1v) is 12.8. The highest BCUT2D eigenvalue weighted by Crippen LogP contribution is 2.22. The standard InChI is InChI=1S/C30H34FN3O3/c1-23-6-10-26(11-7-23)30(36)34(22-24-8-12-27(31)13-9-24)28-5-2-4-25(20-28)21-29(35)32-14-3-15-33-16-18-37-19-17-33/h2,4-13,20H,3,14-19,21-22H2,1H3,(H,32,35). The molecule has 194 valence electrons. The molecule has 37 heavy (non-hydrogen) atoms. The summed E-state index contributed by atoms with van der Waals surface area (Å²) in [6.45, 7) is 7.25. The van der Waals surface area contributed by atoms with Crippen LogP contribution >= 0.6 is 0 Å². The monoisotopic (exact) mass is 503 g/mol. The van der Waals surface area contributed by atoms with Gasteiger partial charge < -0.3 is 15.0 Å². The zero-order valence-electron chi connectivity index (χ0n) is 21.3. The minimum atomic E-state index is -0.321. The summed E-state index contributed by atoms with van der Waals surface area (Å²) in [5.41, 5.74) is 3.96. The van der Waals surface area contributed by atoms with E-state index < -0.39 is 0 Å². The summed E-state index contributed by atoms with van der Waals surface area (Å²) in [5.74, 6) is -0.527. The Morgan fingerprint density at radius 2 is 1.70 bits per heavy atom. The number of halogens is 1. The molecule has 1 fully saturated rings. The lowest BCUT2D eigenvalue weighted by Crippen LogP contribution is -2.38. The normalized spacial score (nSPS) is 13.8. The first-order valence-electron chi connectivity index (χ1n) is 12.8. The average Bonchev–Trinajstić information content (AvgIpc) is 2.91. The molecule has 0 bridgehead atoms. The number of rotatable bonds is 10. The zero-order valence-corrected chi connectivity index (χ0v) is 21.3. The Morgan fingerprint density at radius 3 is 2.43 bits per heavy atom. The van der Waals surface area contributed by atoms with Crippen molar-refractivity contribution in [2.75, 3.05) is 44.3 Å². The van der Waals surface area contributed by atoms with Crippen molar-refractivity contribution in [2.24, 2.45) is 0 Å². The van der Waals surface area contributed by atoms with Gasteiger partial charge >= 0.3 is 0 Å². The first kappa shape index (κ1) is 26.5. The van der Waals surface area contributed by atoms with Crippen LogP contribution in [0.4, 0.5) is 10.1 Å². The molecular weight excluding hydrogens is 469 g/mol. The molecule has 0 saturated carbocycles. The Morgan fingerprint density at radius 1 is 0.973 bits per heavy atom. The van der Waals surface area contributed by atoms with Gasteiger partial charge in [0.1, 0.15) is 5.82 Å². The fraction of sp³-hybridized carbons (Fsp3) is 0.333. The first-order chi connectivity index (χ1) is 18.0. The van der Waals surface area contributed by atoms with Crippen LogP contribution in [0.2, 0.25) is 0 Å². The van der Waals surface area contributed by atoms with Gasteiger partial charge in [-0.25, -0.2) is 4.39 Å². The number of morpholine rings is 1. The number of amides is 2. The molecule has 0 unspecified atom stereocenters. The summed E-state index contributed by atoms with van der Waals surface area (Å²) in [6, 6.07) is 21.1. The maximum atomic E-state index is 13.5. The van der Waals surface area contributed by atoms with Crippen molar-refractivity contribution in [2.45, 2.75) is 26.3 Å². The van der Waals surface area contributed by atoms with Gasteiger partial charge in [0, 0.05) is 30.9 Å². The summed E-state index contributed by atoms with van der Waals surface area (Å²) in [4.78, 5) is 30.1. The van der Waals surface area contributed by atoms with E-state index in [9.17, 15) is 14.0 Å². The maximum absolute atomic E-state index is 13.5. The molecule has 0 atom stereocenters. The smallest absolute Gasteiger partial charge is 0.258 e. The van der Waals surface area contributed by atoms with Gasteiger partial charge in [0.05, 0.1) is 26.2 Å². The summed E-state index contributed by atoms with van der Waals surface area (Å²) in [5, 5.41) is 3.01. The van der Waals surface area contributed by atoms with Crippen LogP contribution in [0.3, 0.4) is 0 Å². The molecule has 1 aliphatic rings. The predicted octanol–water partition coefficient (Wildman–Crippen LogP) is 4.36. The summed E-state index contributed by atoms with van der Waals surface area (Å²) < 4.78 is 18.8. The number of carbonyl (C=O) groups excluding carboxylic acids is 2. The highest BCUT2D eigenvalue weighted by Gasteiger charge is 2.19. The molecule has 3 aromatic carbocycles. The van der Waals surface area contributed by atoms with Crippen LogP contribution in [0.5, 0.6) is 0 Å². The lowest BCUT2D eigenvalue weighted by atomic mass is 10.1. The van der Waals surface area contributed by atoms with Gasteiger partial charge in [-0.15, -0.1) is 0 Å². The Labute approximate surface area is 218 Å². The van der Waals surface area contributed by atoms with Gasteiger partial charge in [0.2, 0.25) is 5.91 Å². The molecule has 6 nitrogen and oxygen atoms in total. The SMILES string of the molecule is Cc1ccc(C(=O)N(Cc2ccc(F)cc2)c2cccc(CC(=O)NCCCN3CCOCC3)c2)cc1. The molecule has 0 aliphatic carbocycles. The molecule has 0 spiro atoms. The van der Waals surface area contributed by atoms with Crippen molar-refractivity contribution in [1.82, 2.24) is 10.2 Å². The van der Waals surface area contributed by atoms with Gasteiger partial charge in [-0.05, 0) is 67.4 Å². The molecule has 1 saturated heterocycles. The van der Waals surface area contributed by atoms with E-state index in [0.717, 1.165) is 56.0 Å². The van der Waals surface area contributed by atoms with Gasteiger partial charge in [-0.3, -0.25) is 14.5 Å². The largest absolute Gasteiger partial charge is 0.379 e. The number of anilines is 1. The molecule has 1 N–H and O–H groups in total. The molecule has 2 amide bonds. The Bertz CT molecular complexity index is 1180. The molecule has 0 aromatic heterocycles. The minimum Gasteiger partial charge on any atom is -0.379 e. The zero-order chi connectivity index (χ0) is 26.0. The molecule has 4 rings (SSSR count). The molecule has 1 aliphatic heterocycles. The summed E-state index contributed by atoms with van der Waals surface area (Å²) in [7, 11) is 0. The van der Waals surface area contributed by atoms with Crippen molar-refractivity contribution in [3.63, 3.8) is 0 Å². The quantitative estimate of drug-likeness (QED) is 0.418. The van der Waals surface area contributed by atoms with Crippen LogP contribution in [-0.2, 0) is 22.5 Å². The van der Waals surface area contributed by atoms with Gasteiger partial charge in [-0.1, -0.05) is 42.0 Å². The number of hydrogen-bond acceptors (Lipinski definition) is 4. The van der Waals surface area contributed by atoms with E-state index >= 15 is 0 Å². The van der Waals surface area contributed by atoms with Crippen LogP contribution in [0, 0.1) is 12.7 Å². The average molecular weight is 504 g/mol. The van der Waals surface area contributed by atoms with Crippen molar-refractivity contribution < 1.29 is 18.7 Å². The van der Waals surface area contributed by atoms with E-state index in [2.05, 4.69) is 10.2 Å². The Kier molecular flexibility index (Phi) is 9.40. The molecule has 0 radical (unpaired) electrons. The van der Waals surface area contributed by atoms with E-state index in [1.807, 2.05) is 55.5 Å². The highest BCUT2D eigenvalue weighted by atomic mass is 19.1. The van der Waals surface area contributed by atoms with Crippen molar-refractivity contribution in [3.05, 3.63) is 101 Å². The Balaban J connectivity index is 1.42. The van der Waals surface area contributed by atoms with Crippen LogP contribution in [0.25, 0.3) is 0 Å². The minimum absolute atomic E-state index is 0.0472. The molecular formula is C30H34FN3O3. The third-order valence-electron chi connectivity index (χ3n) is 6.46. The third-order valence-corrected chi connectivity index (χ3v) is 6.46. The number of benzene rings is 3. The Hall–Kier alpha value is -3.55. The van der Waals surface area contributed by atoms with Crippen molar-refractivity contribution in [3.8, 4) is 0 Å². The number of nitrogens with one attached hydrogen (secondary N) is 1.